The lowest BCUT2D eigenvalue weighted by atomic mass is 9.98. The average molecular weight is 577 g/mol. The molecule has 0 unspecified atom stereocenters. The number of halogens is 2. The van der Waals surface area contributed by atoms with Crippen LogP contribution in [0.1, 0.15) is 50.2 Å². The molecular weight excluding hydrogens is 542 g/mol. The van der Waals surface area contributed by atoms with Crippen molar-refractivity contribution in [2.24, 2.45) is 0 Å². The quantitative estimate of drug-likeness (QED) is 0.206. The highest BCUT2D eigenvalue weighted by Crippen LogP contribution is 2.17. The number of aromatic nitrogens is 2. The van der Waals surface area contributed by atoms with Crippen molar-refractivity contribution in [3.8, 4) is 5.75 Å². The van der Waals surface area contributed by atoms with Crippen LogP contribution < -0.4 is 15.4 Å². The maximum atomic E-state index is 13.9. The van der Waals surface area contributed by atoms with Crippen molar-refractivity contribution < 1.29 is 28.2 Å². The monoisotopic (exact) mass is 576 g/mol. The number of carbonyl (C=O) groups excluding carboxylic acids is 2. The molecule has 8 nitrogen and oxygen atoms in total. The summed E-state index contributed by atoms with van der Waals surface area (Å²) in [6, 6.07) is 14.4. The van der Waals surface area contributed by atoms with E-state index < -0.39 is 29.7 Å². The van der Waals surface area contributed by atoms with Crippen LogP contribution in [-0.4, -0.2) is 52.1 Å². The number of rotatable bonds is 13. The highest BCUT2D eigenvalue weighted by atomic mass is 19.1. The molecule has 4 rings (SSSR count). The van der Waals surface area contributed by atoms with Gasteiger partial charge in [-0.05, 0) is 79.4 Å². The Labute approximate surface area is 243 Å². The molecule has 0 aliphatic heterocycles. The SMILES string of the molecule is CCn1ccnc1C(=O)c1cc(C)cc(C(=O)N[C@@H](Cc2cc(F)cc(F)c2)[C@@H](O)CNCc2cccc(OC)c2)c1. The molecule has 42 heavy (non-hydrogen) atoms. The fourth-order valence-electron chi connectivity index (χ4n) is 4.75. The minimum Gasteiger partial charge on any atom is -0.497 e. The van der Waals surface area contributed by atoms with E-state index >= 15 is 0 Å². The fourth-order valence-corrected chi connectivity index (χ4v) is 4.75. The molecular formula is C32H34F2N4O4. The van der Waals surface area contributed by atoms with Crippen molar-refractivity contribution in [3.63, 3.8) is 0 Å². The molecule has 0 fully saturated rings. The van der Waals surface area contributed by atoms with Crippen LogP contribution in [-0.2, 0) is 19.5 Å². The van der Waals surface area contributed by atoms with Crippen molar-refractivity contribution in [2.75, 3.05) is 13.7 Å². The van der Waals surface area contributed by atoms with Crippen LogP contribution >= 0.6 is 0 Å². The molecule has 1 aromatic heterocycles. The number of nitrogens with zero attached hydrogens (tertiary/aromatic N) is 2. The maximum absolute atomic E-state index is 13.9. The highest BCUT2D eigenvalue weighted by molar-refractivity contribution is 6.08. The van der Waals surface area contributed by atoms with Gasteiger partial charge in [-0.3, -0.25) is 9.59 Å². The van der Waals surface area contributed by atoms with Crippen LogP contribution in [0.4, 0.5) is 8.78 Å². The van der Waals surface area contributed by atoms with E-state index in [1.54, 1.807) is 43.1 Å². The molecule has 2 atom stereocenters. The first-order valence-electron chi connectivity index (χ1n) is 13.6. The van der Waals surface area contributed by atoms with Gasteiger partial charge in [0.1, 0.15) is 17.4 Å². The van der Waals surface area contributed by atoms with E-state index in [-0.39, 0.29) is 35.7 Å². The van der Waals surface area contributed by atoms with Crippen LogP contribution in [0.3, 0.4) is 0 Å². The van der Waals surface area contributed by atoms with Gasteiger partial charge in [-0.1, -0.05) is 12.1 Å². The predicted molar refractivity (Wildman–Crippen MR) is 155 cm³/mol. The third kappa shape index (κ3) is 7.86. The average Bonchev–Trinajstić information content (AvgIpc) is 3.44. The Morgan fingerprint density at radius 3 is 2.48 bits per heavy atom. The molecule has 0 saturated carbocycles. The highest BCUT2D eigenvalue weighted by Gasteiger charge is 2.24. The second-order valence-electron chi connectivity index (χ2n) is 10.1. The molecule has 0 saturated heterocycles. The van der Waals surface area contributed by atoms with Gasteiger partial charge < -0.3 is 25.0 Å². The number of hydrogen-bond donors (Lipinski definition) is 3. The minimum atomic E-state index is -1.12. The van der Waals surface area contributed by atoms with Crippen LogP contribution in [0.2, 0.25) is 0 Å². The third-order valence-electron chi connectivity index (χ3n) is 6.84. The van der Waals surface area contributed by atoms with Gasteiger partial charge in [-0.25, -0.2) is 13.8 Å². The van der Waals surface area contributed by atoms with Crippen molar-refractivity contribution in [3.05, 3.63) is 118 Å². The molecule has 0 bridgehead atoms. The summed E-state index contributed by atoms with van der Waals surface area (Å²) in [5.41, 5.74) is 2.39. The lowest BCUT2D eigenvalue weighted by Crippen LogP contribution is -2.48. The minimum absolute atomic E-state index is 0.0338. The zero-order valence-electron chi connectivity index (χ0n) is 23.7. The first-order valence-corrected chi connectivity index (χ1v) is 13.6. The molecule has 4 aromatic rings. The molecule has 0 aliphatic carbocycles. The smallest absolute Gasteiger partial charge is 0.251 e. The number of aliphatic hydroxyl groups excluding tert-OH is 1. The first-order chi connectivity index (χ1) is 20.2. The van der Waals surface area contributed by atoms with E-state index in [1.165, 1.54) is 6.07 Å². The Morgan fingerprint density at radius 1 is 1.02 bits per heavy atom. The third-order valence-corrected chi connectivity index (χ3v) is 6.84. The maximum Gasteiger partial charge on any atom is 0.251 e. The number of aliphatic hydroxyl groups is 1. The van der Waals surface area contributed by atoms with Gasteiger partial charge in [0.15, 0.2) is 5.82 Å². The molecule has 3 aromatic carbocycles. The van der Waals surface area contributed by atoms with Gasteiger partial charge in [-0.15, -0.1) is 0 Å². The molecule has 1 amide bonds. The molecule has 0 aliphatic rings. The van der Waals surface area contributed by atoms with Crippen LogP contribution in [0, 0.1) is 18.6 Å². The van der Waals surface area contributed by atoms with Gasteiger partial charge in [0, 0.05) is 49.2 Å². The van der Waals surface area contributed by atoms with Gasteiger partial charge in [-0.2, -0.15) is 0 Å². The van der Waals surface area contributed by atoms with Crippen molar-refractivity contribution >= 4 is 11.7 Å². The number of aryl methyl sites for hydroxylation is 2. The van der Waals surface area contributed by atoms with E-state index in [9.17, 15) is 23.5 Å². The van der Waals surface area contributed by atoms with Gasteiger partial charge in [0.25, 0.3) is 5.91 Å². The number of amides is 1. The Bertz CT molecular complexity index is 1540. The Morgan fingerprint density at radius 2 is 1.76 bits per heavy atom. The van der Waals surface area contributed by atoms with Crippen molar-refractivity contribution in [1.82, 2.24) is 20.2 Å². The second kappa shape index (κ2) is 14.0. The molecule has 0 radical (unpaired) electrons. The van der Waals surface area contributed by atoms with E-state index in [0.29, 0.717) is 30.0 Å². The topological polar surface area (TPSA) is 105 Å². The van der Waals surface area contributed by atoms with Gasteiger partial charge >= 0.3 is 0 Å². The summed E-state index contributed by atoms with van der Waals surface area (Å²) in [7, 11) is 1.58. The Balaban J connectivity index is 1.53. The van der Waals surface area contributed by atoms with E-state index in [1.807, 2.05) is 31.2 Å². The molecule has 10 heteroatoms. The Kier molecular flexibility index (Phi) is 10.2. The zero-order chi connectivity index (χ0) is 30.2. The van der Waals surface area contributed by atoms with Gasteiger partial charge in [0.2, 0.25) is 5.78 Å². The number of benzene rings is 3. The second-order valence-corrected chi connectivity index (χ2v) is 10.1. The molecule has 1 heterocycles. The zero-order valence-corrected chi connectivity index (χ0v) is 23.7. The number of methoxy groups -OCH3 is 1. The molecule has 0 spiro atoms. The van der Waals surface area contributed by atoms with Gasteiger partial charge in [0.05, 0.1) is 19.3 Å². The lowest BCUT2D eigenvalue weighted by molar-refractivity contribution is 0.0829. The predicted octanol–water partition coefficient (Wildman–Crippen LogP) is 4.22. The Hall–Kier alpha value is -4.41. The standard InChI is InChI=1S/C32H34F2N4O4/c1-4-38-9-8-36-31(38)30(40)23-10-20(2)11-24(16-23)32(41)37-28(15-22-12-25(33)17-26(34)13-22)29(39)19-35-18-21-6-5-7-27(14-21)42-3/h5-14,16-17,28-29,35,39H,4,15,18-19H2,1-3H3,(H,37,41)/t28-,29-/m0/s1. The summed E-state index contributed by atoms with van der Waals surface area (Å²) in [6.07, 6.45) is 2.10. The largest absolute Gasteiger partial charge is 0.497 e. The number of nitrogens with one attached hydrogen (secondary N) is 2. The number of hydrogen-bond acceptors (Lipinski definition) is 6. The van der Waals surface area contributed by atoms with Crippen molar-refractivity contribution in [2.45, 2.75) is 45.5 Å². The summed E-state index contributed by atoms with van der Waals surface area (Å²) in [6.45, 7) is 4.73. The summed E-state index contributed by atoms with van der Waals surface area (Å²) < 4.78 is 34.8. The van der Waals surface area contributed by atoms with Crippen LogP contribution in [0.5, 0.6) is 5.75 Å². The summed E-state index contributed by atoms with van der Waals surface area (Å²) in [5, 5.41) is 17.1. The van der Waals surface area contributed by atoms with E-state index in [0.717, 1.165) is 23.8 Å². The summed E-state index contributed by atoms with van der Waals surface area (Å²) >= 11 is 0. The molecule has 220 valence electrons. The fraction of sp³-hybridized carbons (Fsp3) is 0.281. The lowest BCUT2D eigenvalue weighted by Gasteiger charge is -2.25. The normalized spacial score (nSPS) is 12.5. The molecule has 3 N–H and O–H groups in total. The number of ether oxygens (including phenoxy) is 1. The number of imidazole rings is 1. The first kappa shape index (κ1) is 30.5. The number of carbonyl (C=O) groups is 2. The summed E-state index contributed by atoms with van der Waals surface area (Å²) in [4.78, 5) is 30.8. The van der Waals surface area contributed by atoms with E-state index in [2.05, 4.69) is 15.6 Å². The summed E-state index contributed by atoms with van der Waals surface area (Å²) in [5.74, 6) is -1.42. The van der Waals surface area contributed by atoms with E-state index in [4.69, 9.17) is 4.74 Å². The van der Waals surface area contributed by atoms with Crippen LogP contribution in [0.15, 0.2) is 73.1 Å². The van der Waals surface area contributed by atoms with Crippen molar-refractivity contribution in [1.29, 1.82) is 0 Å². The van der Waals surface area contributed by atoms with Crippen LogP contribution in [0.25, 0.3) is 0 Å². The number of ketones is 1.